The summed E-state index contributed by atoms with van der Waals surface area (Å²) in [6.45, 7) is 5.57. The van der Waals surface area contributed by atoms with Crippen molar-refractivity contribution in [2.75, 3.05) is 19.4 Å². The number of ether oxygens (including phenoxy) is 1. The van der Waals surface area contributed by atoms with Crippen molar-refractivity contribution < 1.29 is 19.0 Å². The average molecular weight is 442 g/mol. The number of hydrogen-bond donors (Lipinski definition) is 4. The van der Waals surface area contributed by atoms with Gasteiger partial charge in [0, 0.05) is 16.5 Å². The van der Waals surface area contributed by atoms with E-state index in [1.54, 1.807) is 19.9 Å². The molecule has 6 N–H and O–H groups in total. The highest BCUT2D eigenvalue weighted by atomic mass is 19.1. The van der Waals surface area contributed by atoms with Crippen molar-refractivity contribution >= 4 is 22.8 Å². The Morgan fingerprint density at radius 1 is 1.31 bits per heavy atom. The highest BCUT2D eigenvalue weighted by molar-refractivity contribution is 6.11. The van der Waals surface area contributed by atoms with Crippen molar-refractivity contribution in [1.82, 2.24) is 14.9 Å². The van der Waals surface area contributed by atoms with Gasteiger partial charge in [0.2, 0.25) is 5.88 Å². The number of rotatable bonds is 6. The number of fused-ring (bicyclic) bond motifs is 1. The molecule has 0 atom stereocenters. The number of likely N-dealkylation sites (N-methyl/N-ethyl adjacent to an activating group) is 1. The molecule has 4 rings (SSSR count). The standard InChI is InChI=1S/C23H28FN5O3/c1-11-9-15(24)18(30)13(3)17(11)29-19(25)16(20(26)31)14-8-12(2)22(28-21(14)29)32-10-23(27-4)6-5-7-23/h8-9,27,30H,5-7,10,25H2,1-4H3,(H2,26,31). The van der Waals surface area contributed by atoms with Crippen LogP contribution in [0.5, 0.6) is 11.6 Å². The van der Waals surface area contributed by atoms with Crippen molar-refractivity contribution in [3.63, 3.8) is 0 Å². The summed E-state index contributed by atoms with van der Waals surface area (Å²) in [4.78, 5) is 17.0. The van der Waals surface area contributed by atoms with Gasteiger partial charge in [0.1, 0.15) is 12.4 Å². The number of aryl methyl sites for hydroxylation is 2. The molecule has 0 radical (unpaired) electrons. The van der Waals surface area contributed by atoms with E-state index in [0.717, 1.165) is 24.8 Å². The second kappa shape index (κ2) is 7.67. The van der Waals surface area contributed by atoms with Gasteiger partial charge < -0.3 is 26.6 Å². The number of aromatic hydroxyl groups is 1. The Balaban J connectivity index is 1.94. The smallest absolute Gasteiger partial charge is 0.253 e. The molecule has 1 fully saturated rings. The molecule has 1 saturated carbocycles. The fraction of sp³-hybridized carbons (Fsp3) is 0.391. The minimum Gasteiger partial charge on any atom is -0.505 e. The largest absolute Gasteiger partial charge is 0.505 e. The number of halogens is 1. The lowest BCUT2D eigenvalue weighted by Crippen LogP contribution is -2.53. The van der Waals surface area contributed by atoms with Gasteiger partial charge in [-0.1, -0.05) is 0 Å². The summed E-state index contributed by atoms with van der Waals surface area (Å²) in [7, 11) is 1.92. The molecule has 170 valence electrons. The molecule has 8 nitrogen and oxygen atoms in total. The molecule has 32 heavy (non-hydrogen) atoms. The number of amides is 1. The van der Waals surface area contributed by atoms with Gasteiger partial charge in [0.25, 0.3) is 5.91 Å². The number of carbonyl (C=O) groups is 1. The summed E-state index contributed by atoms with van der Waals surface area (Å²) in [5.41, 5.74) is 14.4. The van der Waals surface area contributed by atoms with E-state index in [2.05, 4.69) is 5.32 Å². The third-order valence-corrected chi connectivity index (χ3v) is 6.57. The van der Waals surface area contributed by atoms with Gasteiger partial charge in [0.15, 0.2) is 17.2 Å². The maximum Gasteiger partial charge on any atom is 0.253 e. The van der Waals surface area contributed by atoms with Crippen molar-refractivity contribution in [1.29, 1.82) is 0 Å². The van der Waals surface area contributed by atoms with E-state index in [1.165, 1.54) is 10.6 Å². The topological polar surface area (TPSA) is 128 Å². The van der Waals surface area contributed by atoms with Crippen molar-refractivity contribution in [3.8, 4) is 17.3 Å². The predicted octanol–water partition coefficient (Wildman–Crippen LogP) is 3.00. The number of anilines is 1. The average Bonchev–Trinajstić information content (AvgIpc) is 2.97. The first kappa shape index (κ1) is 21.9. The Hall–Kier alpha value is -3.33. The molecule has 1 amide bonds. The molecule has 0 spiro atoms. The summed E-state index contributed by atoms with van der Waals surface area (Å²) < 4.78 is 21.7. The molecule has 9 heteroatoms. The molecule has 0 bridgehead atoms. The van der Waals surface area contributed by atoms with E-state index in [1.807, 2.05) is 14.0 Å². The van der Waals surface area contributed by atoms with Gasteiger partial charge in [0.05, 0.1) is 16.8 Å². The molecule has 0 aliphatic heterocycles. The maximum atomic E-state index is 14.1. The first-order valence-corrected chi connectivity index (χ1v) is 10.5. The zero-order valence-corrected chi connectivity index (χ0v) is 18.7. The second-order valence-corrected chi connectivity index (χ2v) is 8.61. The lowest BCUT2D eigenvalue weighted by molar-refractivity contribution is 0.100. The van der Waals surface area contributed by atoms with Crippen LogP contribution in [-0.4, -0.2) is 39.8 Å². The molecule has 0 saturated heterocycles. The van der Waals surface area contributed by atoms with Crippen LogP contribution < -0.4 is 21.5 Å². The van der Waals surface area contributed by atoms with E-state index in [9.17, 15) is 14.3 Å². The summed E-state index contributed by atoms with van der Waals surface area (Å²) in [6.07, 6.45) is 3.18. The number of aromatic nitrogens is 2. The van der Waals surface area contributed by atoms with Crippen LogP contribution in [0.2, 0.25) is 0 Å². The molecule has 0 unspecified atom stereocenters. The third kappa shape index (κ3) is 3.24. The van der Waals surface area contributed by atoms with E-state index < -0.39 is 17.5 Å². The zero-order chi connectivity index (χ0) is 23.4. The summed E-state index contributed by atoms with van der Waals surface area (Å²) in [5.74, 6) is -1.45. The summed E-state index contributed by atoms with van der Waals surface area (Å²) in [5, 5.41) is 14.0. The molecule has 2 aromatic heterocycles. The van der Waals surface area contributed by atoms with Crippen LogP contribution in [0.3, 0.4) is 0 Å². The highest BCUT2D eigenvalue weighted by Crippen LogP contribution is 2.38. The third-order valence-electron chi connectivity index (χ3n) is 6.57. The quantitative estimate of drug-likeness (QED) is 0.466. The van der Waals surface area contributed by atoms with E-state index in [4.69, 9.17) is 21.2 Å². The molecular weight excluding hydrogens is 413 g/mol. The monoisotopic (exact) mass is 441 g/mol. The van der Waals surface area contributed by atoms with Crippen LogP contribution in [-0.2, 0) is 0 Å². The number of benzene rings is 1. The second-order valence-electron chi connectivity index (χ2n) is 8.61. The maximum absolute atomic E-state index is 14.1. The van der Waals surface area contributed by atoms with E-state index in [-0.39, 0.29) is 22.5 Å². The number of nitrogens with one attached hydrogen (secondary N) is 1. The number of pyridine rings is 1. The molecule has 1 aromatic carbocycles. The van der Waals surface area contributed by atoms with Crippen LogP contribution in [0.1, 0.15) is 46.3 Å². The number of phenols is 1. The first-order valence-electron chi connectivity index (χ1n) is 10.5. The highest BCUT2D eigenvalue weighted by Gasteiger charge is 2.36. The fourth-order valence-corrected chi connectivity index (χ4v) is 4.47. The summed E-state index contributed by atoms with van der Waals surface area (Å²) >= 11 is 0. The number of phenolic OH excluding ortho intramolecular Hbond substituents is 1. The van der Waals surface area contributed by atoms with Gasteiger partial charge >= 0.3 is 0 Å². The van der Waals surface area contributed by atoms with E-state index in [0.29, 0.717) is 34.8 Å². The van der Waals surface area contributed by atoms with Gasteiger partial charge in [-0.05, 0) is 64.8 Å². The number of nitrogens with two attached hydrogens (primary N) is 2. The number of hydrogen-bond acceptors (Lipinski definition) is 6. The fourth-order valence-electron chi connectivity index (χ4n) is 4.47. The predicted molar refractivity (Wildman–Crippen MR) is 121 cm³/mol. The molecule has 1 aliphatic carbocycles. The van der Waals surface area contributed by atoms with Crippen molar-refractivity contribution in [2.24, 2.45) is 5.73 Å². The lowest BCUT2D eigenvalue weighted by atomic mass is 9.77. The van der Waals surface area contributed by atoms with Crippen LogP contribution in [0, 0.1) is 26.6 Å². The summed E-state index contributed by atoms with van der Waals surface area (Å²) in [6, 6.07) is 2.98. The number of carbonyl (C=O) groups excluding carboxylic acids is 1. The van der Waals surface area contributed by atoms with Crippen molar-refractivity contribution in [2.45, 2.75) is 45.6 Å². The molecule has 3 aromatic rings. The minimum atomic E-state index is -0.736. The number of primary amides is 1. The Morgan fingerprint density at radius 3 is 2.56 bits per heavy atom. The van der Waals surface area contributed by atoms with Crippen LogP contribution in [0.15, 0.2) is 12.1 Å². The van der Waals surface area contributed by atoms with Gasteiger partial charge in [-0.15, -0.1) is 0 Å². The van der Waals surface area contributed by atoms with Crippen LogP contribution in [0.4, 0.5) is 10.2 Å². The Kier molecular flexibility index (Phi) is 5.24. The number of nitrogen functional groups attached to an aromatic ring is 1. The first-order chi connectivity index (χ1) is 15.1. The van der Waals surface area contributed by atoms with Gasteiger partial charge in [-0.3, -0.25) is 9.36 Å². The van der Waals surface area contributed by atoms with Gasteiger partial charge in [-0.25, -0.2) is 4.39 Å². The molecular formula is C23H28FN5O3. The van der Waals surface area contributed by atoms with E-state index >= 15 is 0 Å². The Morgan fingerprint density at radius 2 is 2.00 bits per heavy atom. The zero-order valence-electron chi connectivity index (χ0n) is 18.7. The van der Waals surface area contributed by atoms with Crippen LogP contribution in [0.25, 0.3) is 16.7 Å². The lowest BCUT2D eigenvalue weighted by Gasteiger charge is -2.41. The Labute approximate surface area is 185 Å². The molecule has 1 aliphatic rings. The number of nitrogens with zero attached hydrogens (tertiary/aromatic N) is 2. The van der Waals surface area contributed by atoms with Gasteiger partial charge in [-0.2, -0.15) is 4.98 Å². The molecule has 2 heterocycles. The Bertz CT molecular complexity index is 1240. The minimum absolute atomic E-state index is 0.0689. The van der Waals surface area contributed by atoms with Crippen molar-refractivity contribution in [3.05, 3.63) is 40.2 Å². The normalized spacial score (nSPS) is 15.0. The van der Waals surface area contributed by atoms with Crippen LogP contribution >= 0.6 is 0 Å². The SMILES string of the molecule is CNC1(COc2nc3c(cc2C)c(C(N)=O)c(N)n3-c2c(C)cc(F)c(O)c2C)CCC1.